The fourth-order valence-electron chi connectivity index (χ4n) is 0.635. The third kappa shape index (κ3) is 3.19. The van der Waals surface area contributed by atoms with E-state index in [2.05, 4.69) is 15.0 Å². The van der Waals surface area contributed by atoms with Gasteiger partial charge in [-0.15, -0.1) is 0 Å². The molecule has 13 heavy (non-hydrogen) atoms. The summed E-state index contributed by atoms with van der Waals surface area (Å²) in [5, 5.41) is 9.77. The molecule has 0 aliphatic rings. The van der Waals surface area contributed by atoms with Crippen LogP contribution in [0.2, 0.25) is 0 Å². The van der Waals surface area contributed by atoms with E-state index in [0.717, 1.165) is 0 Å². The molecular formula is C7H8N4O2. The lowest BCUT2D eigenvalue weighted by Gasteiger charge is -1.83. The highest BCUT2D eigenvalue weighted by Crippen LogP contribution is 1.96. The van der Waals surface area contributed by atoms with E-state index in [4.69, 9.17) is 0 Å². The summed E-state index contributed by atoms with van der Waals surface area (Å²) in [6, 6.07) is 3.89. The zero-order chi connectivity index (χ0) is 9.52. The summed E-state index contributed by atoms with van der Waals surface area (Å²) >= 11 is 0. The molecule has 2 aromatic rings. The highest BCUT2D eigenvalue weighted by atomic mass is 16.6. The van der Waals surface area contributed by atoms with Gasteiger partial charge in [-0.25, -0.2) is 4.98 Å². The van der Waals surface area contributed by atoms with Crippen molar-refractivity contribution in [3.05, 3.63) is 47.0 Å². The molecule has 0 saturated heterocycles. The number of hydrogen-bond acceptors (Lipinski definition) is 3. The molecule has 0 atom stereocenters. The van der Waals surface area contributed by atoms with Crippen LogP contribution in [0.3, 0.4) is 0 Å². The molecule has 2 N–H and O–H groups in total. The minimum atomic E-state index is -0.583. The Kier molecular flexibility index (Phi) is 3.25. The molecule has 2 aromatic heterocycles. The van der Waals surface area contributed by atoms with Crippen LogP contribution in [-0.4, -0.2) is 19.9 Å². The summed E-state index contributed by atoms with van der Waals surface area (Å²) in [6.07, 6.45) is 6.48. The minimum absolute atomic E-state index is 0.218. The third-order valence-corrected chi connectivity index (χ3v) is 1.15. The molecule has 0 aliphatic heterocycles. The summed E-state index contributed by atoms with van der Waals surface area (Å²) in [6.45, 7) is 0. The topological polar surface area (TPSA) is 87.6 Å². The van der Waals surface area contributed by atoms with Crippen molar-refractivity contribution in [2.75, 3.05) is 0 Å². The van der Waals surface area contributed by atoms with Gasteiger partial charge >= 0.3 is 5.95 Å². The first kappa shape index (κ1) is 8.98. The number of nitrogens with zero attached hydrogens (tertiary/aromatic N) is 2. The summed E-state index contributed by atoms with van der Waals surface area (Å²) in [5.41, 5.74) is 0. The van der Waals surface area contributed by atoms with Crippen molar-refractivity contribution in [3.8, 4) is 0 Å². The van der Waals surface area contributed by atoms with E-state index >= 15 is 0 Å². The van der Waals surface area contributed by atoms with E-state index < -0.39 is 4.92 Å². The predicted molar refractivity (Wildman–Crippen MR) is 46.0 cm³/mol. The highest BCUT2D eigenvalue weighted by Gasteiger charge is 2.01. The standard InChI is InChI=1S/C4H5N.C3H3N3O2/c1-2-4-5-3-1;7-6(8)3-4-1-2-5-3/h1-5H;1-2H,(H,4,5). The Hall–Kier alpha value is -2.11. The van der Waals surface area contributed by atoms with Crippen LogP contribution in [0.5, 0.6) is 0 Å². The molecular weight excluding hydrogens is 172 g/mol. The van der Waals surface area contributed by atoms with Crippen molar-refractivity contribution in [1.82, 2.24) is 15.0 Å². The molecule has 0 unspecified atom stereocenters. The van der Waals surface area contributed by atoms with Crippen molar-refractivity contribution < 1.29 is 4.92 Å². The summed E-state index contributed by atoms with van der Waals surface area (Å²) in [5.74, 6) is -0.218. The maximum Gasteiger partial charge on any atom is 0.432 e. The first-order valence-corrected chi connectivity index (χ1v) is 3.52. The number of H-pyrrole nitrogens is 2. The highest BCUT2D eigenvalue weighted by molar-refractivity contribution is 5.00. The molecule has 0 saturated carbocycles. The van der Waals surface area contributed by atoms with Gasteiger partial charge in [-0.3, -0.25) is 0 Å². The minimum Gasteiger partial charge on any atom is -0.390 e. The quantitative estimate of drug-likeness (QED) is 0.512. The van der Waals surface area contributed by atoms with Gasteiger partial charge in [0.2, 0.25) is 0 Å². The first-order valence-electron chi connectivity index (χ1n) is 3.52. The van der Waals surface area contributed by atoms with Crippen LogP contribution in [0.4, 0.5) is 5.95 Å². The number of nitro groups is 1. The predicted octanol–water partition coefficient (Wildman–Crippen LogP) is 1.33. The Morgan fingerprint density at radius 2 is 2.00 bits per heavy atom. The average molecular weight is 180 g/mol. The largest absolute Gasteiger partial charge is 0.432 e. The first-order chi connectivity index (χ1) is 6.30. The number of aromatic amines is 2. The molecule has 68 valence electrons. The molecule has 0 spiro atoms. The maximum absolute atomic E-state index is 9.77. The maximum atomic E-state index is 9.77. The smallest absolute Gasteiger partial charge is 0.390 e. The fraction of sp³-hybridized carbons (Fsp3) is 0. The number of nitrogens with one attached hydrogen (secondary N) is 2. The van der Waals surface area contributed by atoms with Crippen LogP contribution in [-0.2, 0) is 0 Å². The second kappa shape index (κ2) is 4.70. The van der Waals surface area contributed by atoms with Crippen molar-refractivity contribution in [3.63, 3.8) is 0 Å². The lowest BCUT2D eigenvalue weighted by atomic mass is 10.7. The fourth-order valence-corrected chi connectivity index (χ4v) is 0.635. The average Bonchev–Trinajstić information content (AvgIpc) is 2.82. The van der Waals surface area contributed by atoms with Gasteiger partial charge in [0.25, 0.3) is 0 Å². The SMILES string of the molecule is O=[N+]([O-])c1ncc[nH]1.c1cc[nH]c1. The van der Waals surface area contributed by atoms with E-state index in [9.17, 15) is 10.1 Å². The van der Waals surface area contributed by atoms with Crippen molar-refractivity contribution >= 4 is 5.95 Å². The summed E-state index contributed by atoms with van der Waals surface area (Å²) in [7, 11) is 0. The van der Waals surface area contributed by atoms with Gasteiger partial charge in [-0.1, -0.05) is 4.98 Å². The van der Waals surface area contributed by atoms with E-state index in [-0.39, 0.29) is 5.95 Å². The van der Waals surface area contributed by atoms with Gasteiger partial charge in [-0.2, -0.15) is 0 Å². The molecule has 0 amide bonds. The third-order valence-electron chi connectivity index (χ3n) is 1.15. The summed E-state index contributed by atoms with van der Waals surface area (Å²) < 4.78 is 0. The van der Waals surface area contributed by atoms with Gasteiger partial charge in [-0.05, 0) is 17.1 Å². The van der Waals surface area contributed by atoms with Gasteiger partial charge in [0.1, 0.15) is 6.20 Å². The van der Waals surface area contributed by atoms with Crippen molar-refractivity contribution in [1.29, 1.82) is 0 Å². The second-order valence-electron chi connectivity index (χ2n) is 2.05. The summed E-state index contributed by atoms with van der Waals surface area (Å²) in [4.78, 5) is 17.7. The van der Waals surface area contributed by atoms with Gasteiger partial charge < -0.3 is 15.1 Å². The normalized spacial score (nSPS) is 8.62. The van der Waals surface area contributed by atoms with Crippen LogP contribution in [0.1, 0.15) is 0 Å². The zero-order valence-electron chi connectivity index (χ0n) is 6.68. The molecule has 2 heterocycles. The molecule has 0 fully saturated rings. The van der Waals surface area contributed by atoms with Gasteiger partial charge in [0.05, 0.1) is 6.20 Å². The molecule has 2 rings (SSSR count). The van der Waals surface area contributed by atoms with E-state index in [1.165, 1.54) is 12.4 Å². The second-order valence-corrected chi connectivity index (χ2v) is 2.05. The van der Waals surface area contributed by atoms with Gasteiger partial charge in [0, 0.05) is 12.4 Å². The van der Waals surface area contributed by atoms with Crippen LogP contribution in [0.15, 0.2) is 36.9 Å². The molecule has 6 heteroatoms. The number of aromatic nitrogens is 3. The van der Waals surface area contributed by atoms with Crippen LogP contribution >= 0.6 is 0 Å². The van der Waals surface area contributed by atoms with E-state index in [1.807, 2.05) is 24.5 Å². The van der Waals surface area contributed by atoms with E-state index in [1.54, 1.807) is 0 Å². The Morgan fingerprint density at radius 3 is 2.23 bits per heavy atom. The van der Waals surface area contributed by atoms with Gasteiger partial charge in [0.15, 0.2) is 0 Å². The molecule has 0 aliphatic carbocycles. The van der Waals surface area contributed by atoms with Crippen LogP contribution < -0.4 is 0 Å². The van der Waals surface area contributed by atoms with Crippen molar-refractivity contribution in [2.45, 2.75) is 0 Å². The van der Waals surface area contributed by atoms with Crippen LogP contribution in [0, 0.1) is 10.1 Å². The monoisotopic (exact) mass is 180 g/mol. The van der Waals surface area contributed by atoms with Crippen molar-refractivity contribution in [2.24, 2.45) is 0 Å². The Balaban J connectivity index is 0.000000145. The lowest BCUT2D eigenvalue weighted by Crippen LogP contribution is -1.88. The Bertz CT molecular complexity index is 310. The number of hydrogen-bond donors (Lipinski definition) is 2. The van der Waals surface area contributed by atoms with Crippen LogP contribution in [0.25, 0.3) is 0 Å². The zero-order valence-corrected chi connectivity index (χ0v) is 6.68. The molecule has 0 aromatic carbocycles. The Morgan fingerprint density at radius 1 is 1.31 bits per heavy atom. The number of rotatable bonds is 1. The van der Waals surface area contributed by atoms with E-state index in [0.29, 0.717) is 0 Å². The number of imidazole rings is 1. The molecule has 0 radical (unpaired) electrons. The molecule has 6 nitrogen and oxygen atoms in total. The molecule has 0 bridgehead atoms. The Labute approximate surface area is 73.8 Å². The lowest BCUT2D eigenvalue weighted by molar-refractivity contribution is -0.393.